The van der Waals surface area contributed by atoms with Gasteiger partial charge in [-0.2, -0.15) is 5.10 Å². The lowest BCUT2D eigenvalue weighted by Gasteiger charge is -2.25. The number of halogens is 1. The van der Waals surface area contributed by atoms with Crippen molar-refractivity contribution in [3.8, 4) is 17.0 Å². The summed E-state index contributed by atoms with van der Waals surface area (Å²) < 4.78 is 1.06. The second-order valence-corrected chi connectivity index (χ2v) is 7.47. The number of nitrogens with one attached hydrogen (secondary N) is 2. The average Bonchev–Trinajstić information content (AvgIpc) is 3.08. The largest absolute Gasteiger partial charge is 0.508 e. The predicted molar refractivity (Wildman–Crippen MR) is 102 cm³/mol. The second kappa shape index (κ2) is 7.02. The number of rotatable bonds is 4. The molecule has 1 aliphatic rings. The first-order chi connectivity index (χ1) is 12.2. The van der Waals surface area contributed by atoms with E-state index in [9.17, 15) is 5.11 Å². The molecular formula is C20H20BrN3O. The van der Waals surface area contributed by atoms with E-state index in [1.165, 1.54) is 16.7 Å². The molecule has 3 N–H and O–H groups in total. The predicted octanol–water partition coefficient (Wildman–Crippen LogP) is 4.19. The molecule has 0 saturated carbocycles. The standard InChI is InChI=1S/C20H20BrN3O/c21-17-3-1-2-15(8-17)20-16(12-23-24-20)11-22-18-6-4-14-10-19(25)7-5-13(14)9-18/h1-3,5,7-8,10,12,18,22,25H,4,6,9,11H2,(H,23,24). The van der Waals surface area contributed by atoms with Gasteiger partial charge in [0.25, 0.3) is 0 Å². The zero-order chi connectivity index (χ0) is 17.2. The highest BCUT2D eigenvalue weighted by atomic mass is 79.9. The maximum absolute atomic E-state index is 9.61. The molecule has 1 unspecified atom stereocenters. The fraction of sp³-hybridized carbons (Fsp3) is 0.250. The summed E-state index contributed by atoms with van der Waals surface area (Å²) in [5.74, 6) is 0.363. The number of nitrogens with zero attached hydrogens (tertiary/aromatic N) is 1. The third-order valence-corrected chi connectivity index (χ3v) is 5.32. The Hall–Kier alpha value is -2.11. The van der Waals surface area contributed by atoms with Crippen molar-refractivity contribution in [3.05, 3.63) is 69.8 Å². The number of benzene rings is 2. The second-order valence-electron chi connectivity index (χ2n) is 6.55. The van der Waals surface area contributed by atoms with Crippen molar-refractivity contribution < 1.29 is 5.11 Å². The third-order valence-electron chi connectivity index (χ3n) is 4.83. The molecule has 4 rings (SSSR count). The summed E-state index contributed by atoms with van der Waals surface area (Å²) >= 11 is 3.53. The number of aromatic amines is 1. The zero-order valence-corrected chi connectivity index (χ0v) is 15.4. The van der Waals surface area contributed by atoms with E-state index >= 15 is 0 Å². The molecule has 1 aromatic heterocycles. The van der Waals surface area contributed by atoms with Gasteiger partial charge in [-0.05, 0) is 54.7 Å². The maximum atomic E-state index is 9.61. The van der Waals surface area contributed by atoms with E-state index in [0.29, 0.717) is 11.8 Å². The number of hydrogen-bond acceptors (Lipinski definition) is 3. The van der Waals surface area contributed by atoms with Crippen molar-refractivity contribution in [2.45, 2.75) is 31.8 Å². The summed E-state index contributed by atoms with van der Waals surface area (Å²) in [4.78, 5) is 0. The van der Waals surface area contributed by atoms with Crippen LogP contribution in [0.4, 0.5) is 0 Å². The summed E-state index contributed by atoms with van der Waals surface area (Å²) in [6.07, 6.45) is 4.99. The van der Waals surface area contributed by atoms with Crippen LogP contribution >= 0.6 is 15.9 Å². The Morgan fingerprint density at radius 3 is 3.00 bits per heavy atom. The van der Waals surface area contributed by atoms with Crippen molar-refractivity contribution in [1.29, 1.82) is 0 Å². The van der Waals surface area contributed by atoms with E-state index in [2.05, 4.69) is 43.6 Å². The number of aryl methyl sites for hydroxylation is 1. The first-order valence-corrected chi connectivity index (χ1v) is 9.30. The number of fused-ring (bicyclic) bond motifs is 1. The van der Waals surface area contributed by atoms with Gasteiger partial charge in [0.05, 0.1) is 11.9 Å². The number of hydrogen-bond donors (Lipinski definition) is 3. The van der Waals surface area contributed by atoms with Gasteiger partial charge in [-0.25, -0.2) is 0 Å². The van der Waals surface area contributed by atoms with Crippen LogP contribution in [-0.2, 0) is 19.4 Å². The Kier molecular flexibility index (Phi) is 4.59. The van der Waals surface area contributed by atoms with Gasteiger partial charge in [0.15, 0.2) is 0 Å². The highest BCUT2D eigenvalue weighted by molar-refractivity contribution is 9.10. The number of phenolic OH excluding ortho intramolecular Hbond substituents is 1. The summed E-state index contributed by atoms with van der Waals surface area (Å²) in [6, 6.07) is 14.4. The molecule has 25 heavy (non-hydrogen) atoms. The summed E-state index contributed by atoms with van der Waals surface area (Å²) in [7, 11) is 0. The highest BCUT2D eigenvalue weighted by Gasteiger charge is 2.19. The van der Waals surface area contributed by atoms with Crippen LogP contribution in [0, 0.1) is 0 Å². The molecule has 3 aromatic rings. The van der Waals surface area contributed by atoms with E-state index in [1.807, 2.05) is 30.5 Å². The molecule has 4 nitrogen and oxygen atoms in total. The average molecular weight is 398 g/mol. The van der Waals surface area contributed by atoms with Crippen LogP contribution in [0.5, 0.6) is 5.75 Å². The van der Waals surface area contributed by atoms with Crippen LogP contribution in [0.25, 0.3) is 11.3 Å². The minimum absolute atomic E-state index is 0.363. The maximum Gasteiger partial charge on any atom is 0.115 e. The third kappa shape index (κ3) is 3.62. The Balaban J connectivity index is 1.45. The van der Waals surface area contributed by atoms with E-state index in [4.69, 9.17) is 0 Å². The lowest BCUT2D eigenvalue weighted by atomic mass is 9.88. The summed E-state index contributed by atoms with van der Waals surface area (Å²) in [5.41, 5.74) is 5.98. The molecule has 128 valence electrons. The van der Waals surface area contributed by atoms with Crippen molar-refractivity contribution in [2.24, 2.45) is 0 Å². The first-order valence-electron chi connectivity index (χ1n) is 8.51. The minimum atomic E-state index is 0.363. The monoisotopic (exact) mass is 397 g/mol. The smallest absolute Gasteiger partial charge is 0.115 e. The van der Waals surface area contributed by atoms with Crippen LogP contribution in [-0.4, -0.2) is 21.3 Å². The lowest BCUT2D eigenvalue weighted by molar-refractivity contribution is 0.450. The van der Waals surface area contributed by atoms with Gasteiger partial charge in [-0.3, -0.25) is 5.10 Å². The van der Waals surface area contributed by atoms with Crippen LogP contribution in [0.3, 0.4) is 0 Å². The SMILES string of the molecule is Oc1ccc2c(c1)CCC(NCc1cn[nH]c1-c1cccc(Br)c1)C2. The molecule has 0 radical (unpaired) electrons. The lowest BCUT2D eigenvalue weighted by Crippen LogP contribution is -2.34. The Morgan fingerprint density at radius 1 is 1.20 bits per heavy atom. The Morgan fingerprint density at radius 2 is 2.12 bits per heavy atom. The van der Waals surface area contributed by atoms with Crippen LogP contribution in [0.1, 0.15) is 23.1 Å². The fourth-order valence-electron chi connectivity index (χ4n) is 3.51. The molecular weight excluding hydrogens is 378 g/mol. The molecule has 1 heterocycles. The van der Waals surface area contributed by atoms with Crippen molar-refractivity contribution >= 4 is 15.9 Å². The minimum Gasteiger partial charge on any atom is -0.508 e. The molecule has 0 aliphatic heterocycles. The summed E-state index contributed by atoms with van der Waals surface area (Å²) in [5, 5.41) is 20.6. The van der Waals surface area contributed by atoms with Crippen molar-refractivity contribution in [3.63, 3.8) is 0 Å². The molecule has 0 saturated heterocycles. The van der Waals surface area contributed by atoms with Gasteiger partial charge in [0.2, 0.25) is 0 Å². The van der Waals surface area contributed by atoms with Crippen LogP contribution in [0.15, 0.2) is 53.1 Å². The molecule has 1 atom stereocenters. The van der Waals surface area contributed by atoms with Gasteiger partial charge in [0, 0.05) is 28.2 Å². The fourth-order valence-corrected chi connectivity index (χ4v) is 3.91. The molecule has 0 fully saturated rings. The first kappa shape index (κ1) is 16.4. The number of H-pyrrole nitrogens is 1. The Bertz CT molecular complexity index is 890. The number of aromatic hydroxyl groups is 1. The van der Waals surface area contributed by atoms with Crippen LogP contribution in [0.2, 0.25) is 0 Å². The van der Waals surface area contributed by atoms with Gasteiger partial charge in [-0.1, -0.05) is 34.1 Å². The molecule has 2 aromatic carbocycles. The Labute approximate surface area is 155 Å². The quantitative estimate of drug-likeness (QED) is 0.618. The van der Waals surface area contributed by atoms with Gasteiger partial charge >= 0.3 is 0 Å². The van der Waals surface area contributed by atoms with Gasteiger partial charge in [0.1, 0.15) is 5.75 Å². The molecule has 0 bridgehead atoms. The van der Waals surface area contributed by atoms with Crippen molar-refractivity contribution in [2.75, 3.05) is 0 Å². The highest BCUT2D eigenvalue weighted by Crippen LogP contribution is 2.27. The molecule has 5 heteroatoms. The zero-order valence-electron chi connectivity index (χ0n) is 13.8. The van der Waals surface area contributed by atoms with E-state index < -0.39 is 0 Å². The normalized spacial score (nSPS) is 16.6. The molecule has 0 amide bonds. The van der Waals surface area contributed by atoms with E-state index in [0.717, 1.165) is 41.5 Å². The number of phenols is 1. The van der Waals surface area contributed by atoms with Gasteiger partial charge < -0.3 is 10.4 Å². The molecule has 0 spiro atoms. The van der Waals surface area contributed by atoms with E-state index in [1.54, 1.807) is 6.07 Å². The van der Waals surface area contributed by atoms with E-state index in [-0.39, 0.29) is 0 Å². The van der Waals surface area contributed by atoms with Gasteiger partial charge in [-0.15, -0.1) is 0 Å². The van der Waals surface area contributed by atoms with Crippen molar-refractivity contribution in [1.82, 2.24) is 15.5 Å². The summed E-state index contributed by atoms with van der Waals surface area (Å²) in [6.45, 7) is 0.788. The topological polar surface area (TPSA) is 60.9 Å². The number of aromatic nitrogens is 2. The molecule has 1 aliphatic carbocycles. The van der Waals surface area contributed by atoms with Crippen LogP contribution < -0.4 is 5.32 Å².